The third-order valence-corrected chi connectivity index (χ3v) is 3.84. The Morgan fingerprint density at radius 3 is 2.88 bits per heavy atom. The van der Waals surface area contributed by atoms with Crippen molar-refractivity contribution in [1.29, 1.82) is 0 Å². The molecule has 3 heterocycles. The number of pyridine rings is 1. The smallest absolute Gasteiger partial charge is 0.0663 e. The van der Waals surface area contributed by atoms with Crippen LogP contribution in [0.1, 0.15) is 19.8 Å². The Balaban J connectivity index is 1.87. The third-order valence-electron chi connectivity index (χ3n) is 3.84. The van der Waals surface area contributed by atoms with Crippen LogP contribution >= 0.6 is 0 Å². The van der Waals surface area contributed by atoms with E-state index in [2.05, 4.69) is 9.88 Å². The fourth-order valence-corrected chi connectivity index (χ4v) is 2.93. The van der Waals surface area contributed by atoms with Gasteiger partial charge in [-0.2, -0.15) is 0 Å². The number of anilines is 1. The number of rotatable bonds is 1. The van der Waals surface area contributed by atoms with Crippen LogP contribution in [0.3, 0.4) is 0 Å². The summed E-state index contributed by atoms with van der Waals surface area (Å²) in [4.78, 5) is 6.29. The van der Waals surface area contributed by atoms with Crippen LogP contribution in [0.25, 0.3) is 0 Å². The lowest BCUT2D eigenvalue weighted by Crippen LogP contribution is -2.57. The average Bonchev–Trinajstić information content (AvgIpc) is 2.51. The second kappa shape index (κ2) is 3.42. The fraction of sp³-hybridized carbons (Fsp3) is 0.583. The van der Waals surface area contributed by atoms with Gasteiger partial charge in [0.2, 0.25) is 0 Å². The largest absolute Gasteiger partial charge is 0.368 e. The quantitative estimate of drug-likeness (QED) is 0.676. The first-order valence-electron chi connectivity index (χ1n) is 5.79. The molecule has 2 fully saturated rings. The van der Waals surface area contributed by atoms with E-state index in [0.29, 0.717) is 0 Å². The van der Waals surface area contributed by atoms with E-state index >= 15 is 0 Å². The van der Waals surface area contributed by atoms with Crippen LogP contribution in [0.2, 0.25) is 0 Å². The molecule has 1 aromatic heterocycles. The van der Waals surface area contributed by atoms with Gasteiger partial charge in [-0.15, -0.1) is 9.60 Å². The molecular weight excluding hydrogens is 205 g/mol. The maximum atomic E-state index is 13.9. The summed E-state index contributed by atoms with van der Waals surface area (Å²) in [6.45, 7) is 3.57. The van der Waals surface area contributed by atoms with Crippen LogP contribution < -0.4 is 4.90 Å². The second-order valence-corrected chi connectivity index (χ2v) is 5.09. The van der Waals surface area contributed by atoms with Gasteiger partial charge < -0.3 is 4.90 Å². The van der Waals surface area contributed by atoms with Gasteiger partial charge in [-0.25, -0.2) is 0 Å². The maximum absolute atomic E-state index is 13.9. The molecule has 4 heteroatoms. The molecule has 2 saturated heterocycles. The lowest BCUT2D eigenvalue weighted by atomic mass is 9.99. The Labute approximate surface area is 94.8 Å². The number of halogens is 1. The summed E-state index contributed by atoms with van der Waals surface area (Å²) in [5.41, 5.74) is 0.854. The highest BCUT2D eigenvalue weighted by Crippen LogP contribution is 2.40. The lowest BCUT2D eigenvalue weighted by Gasteiger charge is -2.43. The number of nitrogens with zero attached hydrogens (tertiary/aromatic N) is 3. The van der Waals surface area contributed by atoms with Crippen molar-refractivity contribution < 1.29 is 4.48 Å². The first-order valence-corrected chi connectivity index (χ1v) is 5.79. The molecule has 0 aliphatic carbocycles. The first-order chi connectivity index (χ1) is 7.69. The molecule has 2 aliphatic rings. The minimum absolute atomic E-state index is 0.0620. The molecule has 2 bridgehead atoms. The van der Waals surface area contributed by atoms with E-state index in [4.69, 9.17) is 0 Å². The molecule has 0 amide bonds. The highest BCUT2D eigenvalue weighted by molar-refractivity contribution is 5.46. The summed E-state index contributed by atoms with van der Waals surface area (Å²) in [5, 5.41) is 1.07. The number of aromatic nitrogens is 1. The van der Waals surface area contributed by atoms with Crippen LogP contribution in [-0.2, 0) is 0 Å². The molecule has 2 aliphatic heterocycles. The van der Waals surface area contributed by atoms with Gasteiger partial charge in [0.25, 0.3) is 0 Å². The van der Waals surface area contributed by atoms with Gasteiger partial charge in [0.05, 0.1) is 11.6 Å². The monoisotopic (exact) mass is 221 g/mol. The molecule has 0 spiro atoms. The van der Waals surface area contributed by atoms with E-state index < -0.39 is 0 Å². The van der Waals surface area contributed by atoms with Gasteiger partial charge in [-0.1, -0.05) is 0 Å². The topological polar surface area (TPSA) is 19.4 Å². The van der Waals surface area contributed by atoms with Crippen molar-refractivity contribution in [3.8, 4) is 0 Å². The van der Waals surface area contributed by atoms with Crippen molar-refractivity contribution in [3.05, 3.63) is 24.5 Å². The summed E-state index contributed by atoms with van der Waals surface area (Å²) in [7, 11) is 0. The molecule has 0 saturated carbocycles. The van der Waals surface area contributed by atoms with E-state index in [-0.39, 0.29) is 11.6 Å². The Hall–Kier alpha value is -1.16. The Bertz CT molecular complexity index is 383. The van der Waals surface area contributed by atoms with Gasteiger partial charge in [0.1, 0.15) is 0 Å². The number of piperazine rings is 1. The minimum Gasteiger partial charge on any atom is -0.368 e. The van der Waals surface area contributed by atoms with E-state index in [1.165, 1.54) is 0 Å². The summed E-state index contributed by atoms with van der Waals surface area (Å²) in [6, 6.07) is 4.06. The second-order valence-electron chi connectivity index (χ2n) is 5.09. The highest BCUT2D eigenvalue weighted by Gasteiger charge is 2.49. The van der Waals surface area contributed by atoms with Crippen LogP contribution in [0.4, 0.5) is 10.2 Å². The van der Waals surface area contributed by atoms with Crippen LogP contribution in [-0.4, -0.2) is 34.8 Å². The molecule has 3 rings (SSSR count). The standard InChI is InChI=1S/C12H16FN3/c1-12-5-2-11(16(12)13)8-15(9-12)10-3-6-14-7-4-10/h3-4,6-7,11H,2,5,8-9H2,1H3/t11-,12+/m1/s1. The van der Waals surface area contributed by atoms with Crippen molar-refractivity contribution in [1.82, 2.24) is 10.1 Å². The van der Waals surface area contributed by atoms with Crippen molar-refractivity contribution in [2.75, 3.05) is 18.0 Å². The molecule has 16 heavy (non-hydrogen) atoms. The number of hydrogen-bond donors (Lipinski definition) is 0. The van der Waals surface area contributed by atoms with Crippen molar-refractivity contribution in [2.24, 2.45) is 0 Å². The summed E-state index contributed by atoms with van der Waals surface area (Å²) < 4.78 is 13.9. The Kier molecular flexibility index (Phi) is 2.14. The van der Waals surface area contributed by atoms with Crippen LogP contribution in [0.5, 0.6) is 0 Å². The molecule has 3 nitrogen and oxygen atoms in total. The molecule has 1 aromatic rings. The summed E-state index contributed by atoms with van der Waals surface area (Å²) in [5.74, 6) is 0. The zero-order valence-corrected chi connectivity index (χ0v) is 9.43. The molecule has 0 aromatic carbocycles. The van der Waals surface area contributed by atoms with Gasteiger partial charge >= 0.3 is 0 Å². The first kappa shape index (κ1) is 10.0. The molecule has 0 radical (unpaired) electrons. The average molecular weight is 221 g/mol. The van der Waals surface area contributed by atoms with E-state index in [1.54, 1.807) is 12.4 Å². The molecule has 0 unspecified atom stereocenters. The molecule has 0 N–H and O–H groups in total. The van der Waals surface area contributed by atoms with Crippen LogP contribution in [0.15, 0.2) is 24.5 Å². The maximum Gasteiger partial charge on any atom is 0.0663 e. The number of fused-ring (bicyclic) bond motifs is 2. The lowest BCUT2D eigenvalue weighted by molar-refractivity contribution is -0.0843. The van der Waals surface area contributed by atoms with Crippen molar-refractivity contribution in [3.63, 3.8) is 0 Å². The Morgan fingerprint density at radius 1 is 1.44 bits per heavy atom. The normalized spacial score (nSPS) is 34.4. The Morgan fingerprint density at radius 2 is 2.19 bits per heavy atom. The SMILES string of the molecule is C[C@]12CC[C@H](CN(c3ccncc3)C1)N2F. The fourth-order valence-electron chi connectivity index (χ4n) is 2.93. The summed E-state index contributed by atoms with van der Waals surface area (Å²) >= 11 is 0. The summed E-state index contributed by atoms with van der Waals surface area (Å²) in [6.07, 6.45) is 5.51. The van der Waals surface area contributed by atoms with E-state index in [1.807, 2.05) is 19.1 Å². The third kappa shape index (κ3) is 1.40. The van der Waals surface area contributed by atoms with E-state index in [0.717, 1.165) is 36.7 Å². The van der Waals surface area contributed by atoms with Crippen molar-refractivity contribution in [2.45, 2.75) is 31.3 Å². The van der Waals surface area contributed by atoms with Gasteiger partial charge in [0, 0.05) is 31.2 Å². The molecule has 86 valence electrons. The van der Waals surface area contributed by atoms with Crippen molar-refractivity contribution >= 4 is 5.69 Å². The predicted molar refractivity (Wildman–Crippen MR) is 60.8 cm³/mol. The number of hydrogen-bond acceptors (Lipinski definition) is 3. The van der Waals surface area contributed by atoms with Gasteiger partial charge in [-0.3, -0.25) is 4.98 Å². The zero-order chi connectivity index (χ0) is 11.2. The van der Waals surface area contributed by atoms with E-state index in [9.17, 15) is 4.48 Å². The molecular formula is C12H16FN3. The molecule has 2 atom stereocenters. The van der Waals surface area contributed by atoms with Gasteiger partial charge in [-0.05, 0) is 31.9 Å². The van der Waals surface area contributed by atoms with Crippen LogP contribution in [0, 0.1) is 0 Å². The minimum atomic E-state index is -0.299. The van der Waals surface area contributed by atoms with Gasteiger partial charge in [0.15, 0.2) is 0 Å². The predicted octanol–water partition coefficient (Wildman–Crippen LogP) is 2.01. The highest BCUT2D eigenvalue weighted by atomic mass is 19.2. The zero-order valence-electron chi connectivity index (χ0n) is 9.43.